The monoisotopic (exact) mass is 437 g/mol. The van der Waals surface area contributed by atoms with Crippen LogP contribution in [0.5, 0.6) is 11.5 Å². The van der Waals surface area contributed by atoms with Crippen LogP contribution in [0, 0.1) is 6.92 Å². The van der Waals surface area contributed by atoms with E-state index in [9.17, 15) is 4.79 Å². The number of para-hydroxylation sites is 1. The van der Waals surface area contributed by atoms with Crippen LogP contribution >= 0.6 is 0 Å². The van der Waals surface area contributed by atoms with Crippen LogP contribution in [0.3, 0.4) is 0 Å². The number of likely N-dealkylation sites (tertiary alicyclic amines) is 1. The molecule has 1 atom stereocenters. The second-order valence-corrected chi connectivity index (χ2v) is 9.64. The van der Waals surface area contributed by atoms with E-state index in [2.05, 4.69) is 19.9 Å². The summed E-state index contributed by atoms with van der Waals surface area (Å²) in [6.07, 6.45) is 2.72. The Kier molecular flexibility index (Phi) is 6.47. The fourth-order valence-electron chi connectivity index (χ4n) is 4.83. The molecule has 0 N–H and O–H groups in total. The van der Waals surface area contributed by atoms with Crippen LogP contribution in [-0.4, -0.2) is 41.7 Å². The molecule has 5 nitrogen and oxygen atoms in total. The second kappa shape index (κ2) is 9.14. The van der Waals surface area contributed by atoms with E-state index in [4.69, 9.17) is 14.2 Å². The summed E-state index contributed by atoms with van der Waals surface area (Å²) in [5, 5.41) is 0. The number of hydrogen-bond donors (Lipinski definition) is 0. The third kappa shape index (κ3) is 4.78. The molecular weight excluding hydrogens is 402 g/mol. The number of amides is 1. The summed E-state index contributed by atoms with van der Waals surface area (Å²) in [6.45, 7) is 11.5. The maximum Gasteiger partial charge on any atom is 0.254 e. The molecule has 32 heavy (non-hydrogen) atoms. The van der Waals surface area contributed by atoms with Crippen molar-refractivity contribution in [2.75, 3.05) is 13.1 Å². The van der Waals surface area contributed by atoms with E-state index in [1.807, 2.05) is 62.1 Å². The Balaban J connectivity index is 1.46. The summed E-state index contributed by atoms with van der Waals surface area (Å²) >= 11 is 0. The molecule has 0 bridgehead atoms. The van der Waals surface area contributed by atoms with Crippen molar-refractivity contribution in [1.29, 1.82) is 0 Å². The first-order valence-electron chi connectivity index (χ1n) is 11.8. The van der Waals surface area contributed by atoms with Crippen LogP contribution < -0.4 is 9.47 Å². The Morgan fingerprint density at radius 2 is 1.78 bits per heavy atom. The van der Waals surface area contributed by atoms with Gasteiger partial charge in [-0.05, 0) is 64.4 Å². The van der Waals surface area contributed by atoms with Gasteiger partial charge >= 0.3 is 0 Å². The third-order valence-corrected chi connectivity index (χ3v) is 6.35. The number of benzene rings is 2. The Labute approximate surface area is 191 Å². The molecule has 0 aromatic heterocycles. The first kappa shape index (κ1) is 22.7. The molecule has 0 saturated carbocycles. The van der Waals surface area contributed by atoms with E-state index < -0.39 is 0 Å². The number of aryl methyl sites for hydroxylation is 1. The van der Waals surface area contributed by atoms with Crippen LogP contribution in [0.1, 0.15) is 74.5 Å². The molecule has 172 valence electrons. The van der Waals surface area contributed by atoms with E-state index in [-0.39, 0.29) is 29.8 Å². The lowest BCUT2D eigenvalue weighted by Gasteiger charge is -2.47. The minimum Gasteiger partial charge on any atom is -0.491 e. The maximum atomic E-state index is 13.3. The van der Waals surface area contributed by atoms with E-state index in [0.29, 0.717) is 13.1 Å². The highest BCUT2D eigenvalue weighted by atomic mass is 16.5. The molecule has 0 aliphatic carbocycles. The molecule has 2 aliphatic rings. The standard InChI is InChI=1S/C27H35NO4/c1-18(2)30-21-10-11-22(20(5)16-21)26(29)28-14-12-27(13-15-28)17-25(31-19(3)4)23-8-6-7-9-24(23)32-27/h6-11,16,18-19,25H,12-15,17H2,1-5H3/t25-/m1/s1. The topological polar surface area (TPSA) is 48.0 Å². The molecule has 4 rings (SSSR count). The summed E-state index contributed by atoms with van der Waals surface area (Å²) in [5.74, 6) is 1.80. The molecule has 1 amide bonds. The number of fused-ring (bicyclic) bond motifs is 1. The summed E-state index contributed by atoms with van der Waals surface area (Å²) in [7, 11) is 0. The Morgan fingerprint density at radius 1 is 1.06 bits per heavy atom. The number of ether oxygens (including phenoxy) is 3. The van der Waals surface area contributed by atoms with Gasteiger partial charge in [-0.25, -0.2) is 0 Å². The lowest BCUT2D eigenvalue weighted by molar-refractivity contribution is -0.0872. The number of piperidine rings is 1. The first-order chi connectivity index (χ1) is 15.3. The van der Waals surface area contributed by atoms with Gasteiger partial charge in [-0.1, -0.05) is 18.2 Å². The third-order valence-electron chi connectivity index (χ3n) is 6.35. The molecule has 1 fully saturated rings. The molecule has 2 heterocycles. The Morgan fingerprint density at radius 3 is 2.44 bits per heavy atom. The fraction of sp³-hybridized carbons (Fsp3) is 0.519. The normalized spacial score (nSPS) is 19.7. The smallest absolute Gasteiger partial charge is 0.254 e. The number of nitrogens with zero attached hydrogens (tertiary/aromatic N) is 1. The quantitative estimate of drug-likeness (QED) is 0.601. The van der Waals surface area contributed by atoms with Gasteiger partial charge < -0.3 is 19.1 Å². The predicted octanol–water partition coefficient (Wildman–Crippen LogP) is 5.71. The Hall–Kier alpha value is -2.53. The van der Waals surface area contributed by atoms with Gasteiger partial charge in [0.2, 0.25) is 0 Å². The highest BCUT2D eigenvalue weighted by Gasteiger charge is 2.44. The van der Waals surface area contributed by atoms with Gasteiger partial charge in [-0.15, -0.1) is 0 Å². The van der Waals surface area contributed by atoms with E-state index in [1.54, 1.807) is 0 Å². The van der Waals surface area contributed by atoms with Gasteiger partial charge in [0.1, 0.15) is 17.1 Å². The minimum absolute atomic E-state index is 0.0259. The van der Waals surface area contributed by atoms with Gasteiger partial charge in [-0.3, -0.25) is 4.79 Å². The van der Waals surface area contributed by atoms with Crippen molar-refractivity contribution < 1.29 is 19.0 Å². The maximum absolute atomic E-state index is 13.3. The molecule has 0 radical (unpaired) electrons. The summed E-state index contributed by atoms with van der Waals surface area (Å²) in [6, 6.07) is 13.9. The first-order valence-corrected chi connectivity index (χ1v) is 11.8. The molecule has 5 heteroatoms. The number of hydrogen-bond acceptors (Lipinski definition) is 4. The predicted molar refractivity (Wildman–Crippen MR) is 125 cm³/mol. The SMILES string of the molecule is Cc1cc(OC(C)C)ccc1C(=O)N1CCC2(CC1)C[C@@H](OC(C)C)c1ccccc1O2. The van der Waals surface area contributed by atoms with Crippen molar-refractivity contribution in [1.82, 2.24) is 4.90 Å². The van der Waals surface area contributed by atoms with Gasteiger partial charge in [0.05, 0.1) is 18.3 Å². The van der Waals surface area contributed by atoms with Crippen LogP contribution in [-0.2, 0) is 4.74 Å². The van der Waals surface area contributed by atoms with Crippen LogP contribution in [0.4, 0.5) is 0 Å². The van der Waals surface area contributed by atoms with Crippen LogP contribution in [0.25, 0.3) is 0 Å². The summed E-state index contributed by atoms with van der Waals surface area (Å²) in [4.78, 5) is 15.2. The van der Waals surface area contributed by atoms with Crippen LogP contribution in [0.2, 0.25) is 0 Å². The lowest BCUT2D eigenvalue weighted by Crippen LogP contribution is -2.52. The Bertz CT molecular complexity index is 960. The molecule has 1 spiro atoms. The van der Waals surface area contributed by atoms with Crippen molar-refractivity contribution in [2.45, 2.75) is 77.8 Å². The van der Waals surface area contributed by atoms with Gasteiger partial charge in [-0.2, -0.15) is 0 Å². The van der Waals surface area contributed by atoms with Crippen molar-refractivity contribution in [3.05, 3.63) is 59.2 Å². The second-order valence-electron chi connectivity index (χ2n) is 9.64. The van der Waals surface area contributed by atoms with E-state index in [0.717, 1.165) is 47.5 Å². The van der Waals surface area contributed by atoms with E-state index >= 15 is 0 Å². The summed E-state index contributed by atoms with van der Waals surface area (Å²) in [5.41, 5.74) is 2.54. The average Bonchev–Trinajstić information content (AvgIpc) is 2.73. The van der Waals surface area contributed by atoms with Gasteiger partial charge in [0.25, 0.3) is 5.91 Å². The van der Waals surface area contributed by atoms with Crippen molar-refractivity contribution >= 4 is 5.91 Å². The highest BCUT2D eigenvalue weighted by molar-refractivity contribution is 5.95. The molecule has 2 aromatic rings. The van der Waals surface area contributed by atoms with Crippen molar-refractivity contribution in [3.8, 4) is 11.5 Å². The largest absolute Gasteiger partial charge is 0.491 e. The van der Waals surface area contributed by atoms with Crippen LogP contribution in [0.15, 0.2) is 42.5 Å². The average molecular weight is 438 g/mol. The zero-order valence-corrected chi connectivity index (χ0v) is 19.9. The van der Waals surface area contributed by atoms with Gasteiger partial charge in [0.15, 0.2) is 0 Å². The zero-order chi connectivity index (χ0) is 22.9. The molecular formula is C27H35NO4. The number of carbonyl (C=O) groups is 1. The van der Waals surface area contributed by atoms with E-state index in [1.165, 1.54) is 0 Å². The lowest BCUT2D eigenvalue weighted by atomic mass is 9.81. The van der Waals surface area contributed by atoms with Crippen molar-refractivity contribution in [3.63, 3.8) is 0 Å². The number of carbonyl (C=O) groups excluding carboxylic acids is 1. The molecule has 2 aliphatic heterocycles. The molecule has 2 aromatic carbocycles. The van der Waals surface area contributed by atoms with Gasteiger partial charge in [0, 0.05) is 43.5 Å². The van der Waals surface area contributed by atoms with Crippen molar-refractivity contribution in [2.24, 2.45) is 0 Å². The molecule has 1 saturated heterocycles. The number of rotatable bonds is 5. The fourth-order valence-corrected chi connectivity index (χ4v) is 4.83. The minimum atomic E-state index is -0.283. The summed E-state index contributed by atoms with van der Waals surface area (Å²) < 4.78 is 18.6. The molecule has 0 unspecified atom stereocenters. The zero-order valence-electron chi connectivity index (χ0n) is 19.9. The highest BCUT2D eigenvalue weighted by Crippen LogP contribution is 2.46.